The molecule has 0 aromatic heterocycles. The predicted octanol–water partition coefficient (Wildman–Crippen LogP) is 2.38. The Bertz CT molecular complexity index is 126. The van der Waals surface area contributed by atoms with Gasteiger partial charge >= 0.3 is 0 Å². The van der Waals surface area contributed by atoms with Gasteiger partial charge in [0.2, 0.25) is 0 Å². The lowest BCUT2D eigenvalue weighted by Crippen LogP contribution is -2.52. The number of hydrogen-bond donors (Lipinski definition) is 0. The molecular formula is C11H21N+. The summed E-state index contributed by atoms with van der Waals surface area (Å²) in [5.74, 6) is 0. The Hall–Kier alpha value is -0.0400. The van der Waals surface area contributed by atoms with E-state index in [1.54, 1.807) is 0 Å². The van der Waals surface area contributed by atoms with Crippen molar-refractivity contribution in [1.82, 2.24) is 0 Å². The molecule has 2 saturated heterocycles. The van der Waals surface area contributed by atoms with Gasteiger partial charge in [-0.15, -0.1) is 0 Å². The summed E-state index contributed by atoms with van der Waals surface area (Å²) in [5, 5.41) is 0. The summed E-state index contributed by atoms with van der Waals surface area (Å²) in [4.78, 5) is 0. The van der Waals surface area contributed by atoms with E-state index in [0.717, 1.165) is 0 Å². The van der Waals surface area contributed by atoms with Crippen molar-refractivity contribution in [3.8, 4) is 0 Å². The molecule has 0 aromatic carbocycles. The lowest BCUT2D eigenvalue weighted by molar-refractivity contribution is -0.930. The van der Waals surface area contributed by atoms with Crippen LogP contribution in [0.1, 0.15) is 38.5 Å². The molecule has 12 heavy (non-hydrogen) atoms. The molecule has 2 aliphatic rings. The molecule has 0 amide bonds. The van der Waals surface area contributed by atoms with Crippen molar-refractivity contribution < 1.29 is 4.48 Å². The summed E-state index contributed by atoms with van der Waals surface area (Å²) >= 11 is 0. The van der Waals surface area contributed by atoms with E-state index >= 15 is 0 Å². The van der Waals surface area contributed by atoms with Crippen LogP contribution in [0.3, 0.4) is 0 Å². The van der Waals surface area contributed by atoms with Crippen LogP contribution in [0.5, 0.6) is 0 Å². The molecule has 2 aliphatic heterocycles. The summed E-state index contributed by atoms with van der Waals surface area (Å²) in [6.07, 6.45) is 11.2. The van der Waals surface area contributed by atoms with Crippen molar-refractivity contribution in [2.75, 3.05) is 26.2 Å². The standard InChI is InChI=1S/C11H21N/c1-2-5-9-12(8-4-1)10-6-3-7-11-12/h3H,1-2,4-11H2/q+1. The maximum Gasteiger partial charge on any atom is 0.0789 e. The van der Waals surface area contributed by atoms with Crippen molar-refractivity contribution in [2.24, 2.45) is 0 Å². The molecule has 2 heterocycles. The highest BCUT2D eigenvalue weighted by Gasteiger charge is 2.29. The molecule has 0 unspecified atom stereocenters. The topological polar surface area (TPSA) is 0 Å². The predicted molar refractivity (Wildman–Crippen MR) is 51.7 cm³/mol. The molecule has 0 aromatic rings. The maximum absolute atomic E-state index is 2.48. The first-order valence-corrected chi connectivity index (χ1v) is 5.58. The second kappa shape index (κ2) is 3.78. The molecule has 2 rings (SSSR count). The van der Waals surface area contributed by atoms with Gasteiger partial charge in [0.1, 0.15) is 0 Å². The van der Waals surface area contributed by atoms with Crippen LogP contribution in [0.15, 0.2) is 0 Å². The van der Waals surface area contributed by atoms with Crippen molar-refractivity contribution in [3.63, 3.8) is 0 Å². The summed E-state index contributed by atoms with van der Waals surface area (Å²) in [6, 6.07) is 0. The number of hydrogen-bond acceptors (Lipinski definition) is 0. The highest BCUT2D eigenvalue weighted by molar-refractivity contribution is 4.70. The van der Waals surface area contributed by atoms with Crippen LogP contribution in [-0.2, 0) is 0 Å². The first-order valence-electron chi connectivity index (χ1n) is 5.58. The van der Waals surface area contributed by atoms with Gasteiger partial charge in [-0.05, 0) is 44.9 Å². The fourth-order valence-electron chi connectivity index (χ4n) is 2.79. The molecule has 0 bridgehead atoms. The van der Waals surface area contributed by atoms with Gasteiger partial charge in [-0.3, -0.25) is 0 Å². The number of nitrogens with zero attached hydrogens (tertiary/aromatic N) is 1. The summed E-state index contributed by atoms with van der Waals surface area (Å²) in [7, 11) is 0. The van der Waals surface area contributed by atoms with E-state index in [2.05, 4.69) is 6.42 Å². The number of rotatable bonds is 0. The number of quaternary nitrogens is 1. The van der Waals surface area contributed by atoms with E-state index in [4.69, 9.17) is 0 Å². The fourth-order valence-corrected chi connectivity index (χ4v) is 2.79. The van der Waals surface area contributed by atoms with Gasteiger partial charge < -0.3 is 4.48 Å². The minimum Gasteiger partial charge on any atom is -0.324 e. The summed E-state index contributed by atoms with van der Waals surface area (Å²) in [6.45, 7) is 5.85. The van der Waals surface area contributed by atoms with Crippen LogP contribution < -0.4 is 0 Å². The highest BCUT2D eigenvalue weighted by atomic mass is 15.4. The fraction of sp³-hybridized carbons (Fsp3) is 0.909. The smallest absolute Gasteiger partial charge is 0.0789 e. The van der Waals surface area contributed by atoms with Gasteiger partial charge in [0, 0.05) is 0 Å². The van der Waals surface area contributed by atoms with E-state index in [1.165, 1.54) is 69.2 Å². The van der Waals surface area contributed by atoms with Crippen LogP contribution >= 0.6 is 0 Å². The minimum atomic E-state index is 1.38. The van der Waals surface area contributed by atoms with Crippen LogP contribution in [0.25, 0.3) is 0 Å². The van der Waals surface area contributed by atoms with Crippen molar-refractivity contribution >= 4 is 0 Å². The first-order chi connectivity index (χ1) is 5.91. The molecule has 1 radical (unpaired) electrons. The summed E-state index contributed by atoms with van der Waals surface area (Å²) < 4.78 is 1.47. The van der Waals surface area contributed by atoms with E-state index in [0.29, 0.717) is 0 Å². The largest absolute Gasteiger partial charge is 0.324 e. The number of piperidine rings is 1. The average Bonchev–Trinajstić information content (AvgIpc) is 2.33. The molecule has 0 atom stereocenters. The van der Waals surface area contributed by atoms with Gasteiger partial charge in [0.05, 0.1) is 26.2 Å². The molecule has 0 aliphatic carbocycles. The highest BCUT2D eigenvalue weighted by Crippen LogP contribution is 2.23. The molecule has 0 saturated carbocycles. The second-order valence-electron chi connectivity index (χ2n) is 4.52. The monoisotopic (exact) mass is 167 g/mol. The van der Waals surface area contributed by atoms with Gasteiger partial charge in [0.25, 0.3) is 0 Å². The van der Waals surface area contributed by atoms with Gasteiger partial charge in [-0.2, -0.15) is 0 Å². The zero-order valence-corrected chi connectivity index (χ0v) is 8.10. The van der Waals surface area contributed by atoms with Crippen LogP contribution in [0, 0.1) is 6.42 Å². The zero-order valence-electron chi connectivity index (χ0n) is 8.10. The second-order valence-corrected chi connectivity index (χ2v) is 4.52. The van der Waals surface area contributed by atoms with Crippen molar-refractivity contribution in [2.45, 2.75) is 38.5 Å². The molecule has 1 heteroatoms. The van der Waals surface area contributed by atoms with Gasteiger partial charge in [0.15, 0.2) is 0 Å². The molecule has 0 N–H and O–H groups in total. The van der Waals surface area contributed by atoms with Crippen molar-refractivity contribution in [1.29, 1.82) is 0 Å². The minimum absolute atomic E-state index is 1.38. The summed E-state index contributed by atoms with van der Waals surface area (Å²) in [5.41, 5.74) is 0. The van der Waals surface area contributed by atoms with Crippen LogP contribution in [0.4, 0.5) is 0 Å². The van der Waals surface area contributed by atoms with Gasteiger partial charge in [-0.1, -0.05) is 0 Å². The van der Waals surface area contributed by atoms with E-state index in [1.807, 2.05) is 0 Å². The first kappa shape index (κ1) is 8.55. The maximum atomic E-state index is 2.48. The Balaban J connectivity index is 1.95. The normalized spacial score (nSPS) is 30.0. The third-order valence-electron chi connectivity index (χ3n) is 3.63. The van der Waals surface area contributed by atoms with E-state index in [-0.39, 0.29) is 0 Å². The molecule has 2 fully saturated rings. The SMILES string of the molecule is [CH]1CC[N+]2(CC1)CCCCCC2. The Labute approximate surface area is 76.3 Å². The van der Waals surface area contributed by atoms with Gasteiger partial charge in [-0.25, -0.2) is 0 Å². The third kappa shape index (κ3) is 1.82. The lowest BCUT2D eigenvalue weighted by atomic mass is 10.1. The Kier molecular flexibility index (Phi) is 2.69. The quantitative estimate of drug-likeness (QED) is 0.486. The molecule has 1 nitrogen and oxygen atoms in total. The lowest BCUT2D eigenvalue weighted by Gasteiger charge is -2.40. The van der Waals surface area contributed by atoms with Crippen molar-refractivity contribution in [3.05, 3.63) is 6.42 Å². The van der Waals surface area contributed by atoms with Crippen LogP contribution in [-0.4, -0.2) is 30.7 Å². The Morgan fingerprint density at radius 2 is 1.25 bits per heavy atom. The van der Waals surface area contributed by atoms with E-state index < -0.39 is 0 Å². The average molecular weight is 167 g/mol. The molecular weight excluding hydrogens is 146 g/mol. The molecule has 69 valence electrons. The Morgan fingerprint density at radius 1 is 0.667 bits per heavy atom. The molecule has 1 spiro atoms. The Morgan fingerprint density at radius 3 is 1.83 bits per heavy atom. The third-order valence-corrected chi connectivity index (χ3v) is 3.63. The van der Waals surface area contributed by atoms with E-state index in [9.17, 15) is 0 Å². The zero-order chi connectivity index (χ0) is 8.28. The van der Waals surface area contributed by atoms with Crippen LogP contribution in [0.2, 0.25) is 0 Å².